The monoisotopic (exact) mass is 440 g/mol. The van der Waals surface area contributed by atoms with Crippen LogP contribution in [0, 0.1) is 11.6 Å². The van der Waals surface area contributed by atoms with Crippen molar-refractivity contribution in [1.82, 2.24) is 9.97 Å². The number of nitrogens with two attached hydrogens (primary N) is 2. The van der Waals surface area contributed by atoms with Crippen LogP contribution < -0.4 is 21.7 Å². The summed E-state index contributed by atoms with van der Waals surface area (Å²) in [6, 6.07) is 7.65. The molecule has 0 aliphatic carbocycles. The highest BCUT2D eigenvalue weighted by molar-refractivity contribution is 6.07. The third-order valence-corrected chi connectivity index (χ3v) is 5.21. The van der Waals surface area contributed by atoms with Gasteiger partial charge in [-0.15, -0.1) is 0 Å². The molecule has 1 amide bonds. The molecule has 1 saturated heterocycles. The van der Waals surface area contributed by atoms with Crippen molar-refractivity contribution in [3.8, 4) is 11.3 Å². The van der Waals surface area contributed by atoms with E-state index in [9.17, 15) is 18.7 Å². The van der Waals surface area contributed by atoms with E-state index < -0.39 is 23.6 Å². The summed E-state index contributed by atoms with van der Waals surface area (Å²) in [7, 11) is 0. The summed E-state index contributed by atoms with van der Waals surface area (Å²) in [6.45, 7) is 0.843. The standard InChI is InChI=1S/C22H22F2N6O2/c23-14-2-1-3-15(24)20(14)17-5-4-16(26)21(28-17)22(32)29-18-9-27-7-6-19(18)30-10-12(25)8-13(31)11-30/h1-7,9,12-13,31H,8,10-11,25-26H2,(H,29,32)/t12-,13-/m0/s1. The zero-order valence-corrected chi connectivity index (χ0v) is 17.0. The molecule has 0 spiro atoms. The number of rotatable bonds is 4. The van der Waals surface area contributed by atoms with Gasteiger partial charge in [-0.25, -0.2) is 13.8 Å². The largest absolute Gasteiger partial charge is 0.397 e. The molecule has 1 aromatic carbocycles. The number of β-amino-alcohol motifs (C(OH)–C–C–N with tert-alkyl or cyclic N) is 1. The van der Waals surface area contributed by atoms with E-state index in [2.05, 4.69) is 15.3 Å². The summed E-state index contributed by atoms with van der Waals surface area (Å²) in [5.74, 6) is -2.27. The highest BCUT2D eigenvalue weighted by atomic mass is 19.1. The molecule has 1 aliphatic heterocycles. The lowest BCUT2D eigenvalue weighted by atomic mass is 10.0. The van der Waals surface area contributed by atoms with Crippen molar-refractivity contribution in [2.24, 2.45) is 5.73 Å². The van der Waals surface area contributed by atoms with Gasteiger partial charge in [0.2, 0.25) is 0 Å². The fourth-order valence-electron chi connectivity index (χ4n) is 3.78. The number of hydrogen-bond donors (Lipinski definition) is 4. The molecule has 0 radical (unpaired) electrons. The van der Waals surface area contributed by atoms with Crippen LogP contribution in [0.25, 0.3) is 11.3 Å². The molecule has 0 saturated carbocycles. The van der Waals surface area contributed by atoms with Gasteiger partial charge in [-0.1, -0.05) is 6.07 Å². The number of halogens is 2. The first-order valence-corrected chi connectivity index (χ1v) is 9.98. The Kier molecular flexibility index (Phi) is 5.97. The highest BCUT2D eigenvalue weighted by Crippen LogP contribution is 2.29. The topological polar surface area (TPSA) is 130 Å². The average Bonchev–Trinajstić information content (AvgIpc) is 2.74. The maximum atomic E-state index is 14.2. The second-order valence-corrected chi connectivity index (χ2v) is 7.63. The van der Waals surface area contributed by atoms with E-state index in [4.69, 9.17) is 11.5 Å². The SMILES string of the molecule is Nc1ccc(-c2c(F)cccc2F)nc1C(=O)Nc1cnccc1N1C[C@@H](N)C[C@H](O)C1. The second-order valence-electron chi connectivity index (χ2n) is 7.63. The molecule has 4 rings (SSSR count). The minimum atomic E-state index is -0.803. The lowest BCUT2D eigenvalue weighted by Gasteiger charge is -2.36. The number of aromatic nitrogens is 2. The third kappa shape index (κ3) is 4.36. The fourth-order valence-corrected chi connectivity index (χ4v) is 3.78. The van der Waals surface area contributed by atoms with E-state index in [1.165, 1.54) is 24.4 Å². The van der Waals surface area contributed by atoms with Crippen LogP contribution in [-0.2, 0) is 0 Å². The van der Waals surface area contributed by atoms with Crippen molar-refractivity contribution in [2.75, 3.05) is 29.0 Å². The number of amides is 1. The van der Waals surface area contributed by atoms with Gasteiger partial charge in [0.1, 0.15) is 11.6 Å². The summed E-state index contributed by atoms with van der Waals surface area (Å²) in [4.78, 5) is 23.0. The molecule has 3 aromatic rings. The van der Waals surface area contributed by atoms with Gasteiger partial charge in [0.25, 0.3) is 5.91 Å². The van der Waals surface area contributed by atoms with Crippen LogP contribution in [0.4, 0.5) is 25.8 Å². The van der Waals surface area contributed by atoms with Crippen molar-refractivity contribution in [1.29, 1.82) is 0 Å². The Morgan fingerprint density at radius 3 is 2.62 bits per heavy atom. The van der Waals surface area contributed by atoms with Gasteiger partial charge >= 0.3 is 0 Å². The molecule has 0 unspecified atom stereocenters. The first kappa shape index (κ1) is 21.6. The number of carbonyl (C=O) groups excluding carboxylic acids is 1. The number of aliphatic hydroxyl groups excluding tert-OH is 1. The molecule has 3 heterocycles. The molecule has 0 bridgehead atoms. The minimum Gasteiger partial charge on any atom is -0.397 e. The Morgan fingerprint density at radius 2 is 1.91 bits per heavy atom. The average molecular weight is 440 g/mol. The Labute approximate surface area is 182 Å². The van der Waals surface area contributed by atoms with E-state index in [1.54, 1.807) is 12.3 Å². The Bertz CT molecular complexity index is 1130. The van der Waals surface area contributed by atoms with Crippen molar-refractivity contribution >= 4 is 23.0 Å². The van der Waals surface area contributed by atoms with E-state index in [1.807, 2.05) is 4.90 Å². The lowest BCUT2D eigenvalue weighted by molar-refractivity contribution is 0.102. The van der Waals surface area contributed by atoms with Gasteiger partial charge in [0, 0.05) is 25.3 Å². The number of hydrogen-bond acceptors (Lipinski definition) is 7. The van der Waals surface area contributed by atoms with Crippen molar-refractivity contribution in [3.63, 3.8) is 0 Å². The van der Waals surface area contributed by atoms with Gasteiger partial charge in [0.05, 0.1) is 40.6 Å². The summed E-state index contributed by atoms with van der Waals surface area (Å²) in [5, 5.41) is 12.8. The number of pyridine rings is 2. The predicted molar refractivity (Wildman–Crippen MR) is 117 cm³/mol. The first-order valence-electron chi connectivity index (χ1n) is 9.98. The minimum absolute atomic E-state index is 0.0452. The van der Waals surface area contributed by atoms with Gasteiger partial charge in [-0.05, 0) is 36.8 Å². The summed E-state index contributed by atoms with van der Waals surface area (Å²) < 4.78 is 28.4. The van der Waals surface area contributed by atoms with Crippen LogP contribution in [0.3, 0.4) is 0 Å². The van der Waals surface area contributed by atoms with Crippen LogP contribution in [-0.4, -0.2) is 46.2 Å². The number of piperidine rings is 1. The normalized spacial score (nSPS) is 18.4. The first-order chi connectivity index (χ1) is 15.3. The molecule has 166 valence electrons. The van der Waals surface area contributed by atoms with Crippen LogP contribution in [0.5, 0.6) is 0 Å². The van der Waals surface area contributed by atoms with Crippen LogP contribution in [0.2, 0.25) is 0 Å². The maximum absolute atomic E-state index is 14.2. The number of carbonyl (C=O) groups is 1. The molecule has 32 heavy (non-hydrogen) atoms. The number of nitrogen functional groups attached to an aromatic ring is 1. The van der Waals surface area contributed by atoms with E-state index in [-0.39, 0.29) is 28.7 Å². The number of nitrogens with one attached hydrogen (secondary N) is 1. The summed E-state index contributed by atoms with van der Waals surface area (Å²) in [5.41, 5.74) is 12.4. The molecule has 2 aromatic heterocycles. The molecule has 1 aliphatic rings. The summed E-state index contributed by atoms with van der Waals surface area (Å²) in [6.07, 6.45) is 2.91. The smallest absolute Gasteiger partial charge is 0.276 e. The van der Waals surface area contributed by atoms with E-state index in [0.717, 1.165) is 12.1 Å². The number of aliphatic hydroxyl groups is 1. The van der Waals surface area contributed by atoms with Gasteiger partial charge in [0.15, 0.2) is 5.69 Å². The zero-order chi connectivity index (χ0) is 22.8. The number of nitrogens with zero attached hydrogens (tertiary/aromatic N) is 3. The van der Waals surface area contributed by atoms with Gasteiger partial charge < -0.3 is 26.8 Å². The molecule has 1 fully saturated rings. The highest BCUT2D eigenvalue weighted by Gasteiger charge is 2.26. The van der Waals surface area contributed by atoms with E-state index in [0.29, 0.717) is 30.9 Å². The van der Waals surface area contributed by atoms with E-state index >= 15 is 0 Å². The molecule has 8 nitrogen and oxygen atoms in total. The molecule has 10 heteroatoms. The molecular formula is C22H22F2N6O2. The quantitative estimate of drug-likeness (QED) is 0.489. The van der Waals surface area contributed by atoms with Crippen molar-refractivity contribution in [2.45, 2.75) is 18.6 Å². The molecular weight excluding hydrogens is 418 g/mol. The number of anilines is 3. The molecule has 2 atom stereocenters. The molecule has 6 N–H and O–H groups in total. The third-order valence-electron chi connectivity index (χ3n) is 5.21. The van der Waals surface area contributed by atoms with Gasteiger partial charge in [-0.3, -0.25) is 9.78 Å². The Morgan fingerprint density at radius 1 is 1.16 bits per heavy atom. The summed E-state index contributed by atoms with van der Waals surface area (Å²) >= 11 is 0. The Balaban J connectivity index is 1.65. The zero-order valence-electron chi connectivity index (χ0n) is 17.0. The predicted octanol–water partition coefficient (Wildman–Crippen LogP) is 2.15. The van der Waals surface area contributed by atoms with Crippen LogP contribution >= 0.6 is 0 Å². The second kappa shape index (κ2) is 8.85. The van der Waals surface area contributed by atoms with Crippen LogP contribution in [0.15, 0.2) is 48.8 Å². The fraction of sp³-hybridized carbons (Fsp3) is 0.227. The Hall–Kier alpha value is -3.63. The van der Waals surface area contributed by atoms with Crippen molar-refractivity contribution < 1.29 is 18.7 Å². The lowest BCUT2D eigenvalue weighted by Crippen LogP contribution is -2.49. The maximum Gasteiger partial charge on any atom is 0.276 e. The number of benzene rings is 1. The van der Waals surface area contributed by atoms with Gasteiger partial charge in [-0.2, -0.15) is 0 Å². The van der Waals surface area contributed by atoms with Crippen LogP contribution in [0.1, 0.15) is 16.9 Å². The van der Waals surface area contributed by atoms with Crippen molar-refractivity contribution in [3.05, 3.63) is 66.1 Å².